The second-order valence-corrected chi connectivity index (χ2v) is 6.74. The minimum Gasteiger partial charge on any atom is -0.490 e. The number of nitrogens with one attached hydrogen (secondary N) is 2. The molecule has 0 saturated heterocycles. The van der Waals surface area contributed by atoms with E-state index in [1.165, 1.54) is 19.2 Å². The number of hydrogen-bond acceptors (Lipinski definition) is 5. The third-order valence-corrected chi connectivity index (χ3v) is 4.24. The number of anilines is 1. The average Bonchev–Trinajstić information content (AvgIpc) is 2.56. The summed E-state index contributed by atoms with van der Waals surface area (Å²) in [7, 11) is 1.34. The Morgan fingerprint density at radius 2 is 2.04 bits per heavy atom. The van der Waals surface area contributed by atoms with E-state index in [2.05, 4.69) is 33.2 Å². The number of thiocarbonyl (C=S) groups is 1. The number of hydrogen-bond donors (Lipinski definition) is 2. The Morgan fingerprint density at radius 3 is 2.68 bits per heavy atom. The Labute approximate surface area is 167 Å². The maximum absolute atomic E-state index is 12.2. The van der Waals surface area contributed by atoms with Crippen molar-refractivity contribution in [3.05, 3.63) is 60.7 Å². The van der Waals surface area contributed by atoms with Gasteiger partial charge in [-0.1, -0.05) is 11.6 Å². The van der Waals surface area contributed by atoms with Crippen molar-refractivity contribution < 1.29 is 14.5 Å². The number of amides is 1. The molecular weight excluding hydrogens is 481 g/mol. The lowest BCUT2D eigenvalue weighted by Crippen LogP contribution is -2.34. The Hall–Kier alpha value is -1.98. The highest BCUT2D eigenvalue weighted by Gasteiger charge is 2.17. The smallest absolute Gasteiger partial charge is 0.312 e. The third-order valence-electron chi connectivity index (χ3n) is 3.03. The highest BCUT2D eigenvalue weighted by molar-refractivity contribution is 14.1. The molecule has 0 fully saturated rings. The number of carbonyl (C=O) groups is 1. The van der Waals surface area contributed by atoms with Crippen LogP contribution in [-0.2, 0) is 0 Å². The molecule has 25 heavy (non-hydrogen) atoms. The quantitative estimate of drug-likeness (QED) is 0.291. The second kappa shape index (κ2) is 8.41. The minimum absolute atomic E-state index is 0.0145. The van der Waals surface area contributed by atoms with Crippen molar-refractivity contribution in [2.24, 2.45) is 0 Å². The summed E-state index contributed by atoms with van der Waals surface area (Å²) >= 11 is 13.1. The zero-order valence-corrected chi connectivity index (χ0v) is 16.4. The SMILES string of the molecule is COc1ccc(NC(=S)NC(=O)c2cc(I)ccc2Cl)cc1[N+](=O)[O-]. The Balaban J connectivity index is 2.12. The predicted octanol–water partition coefficient (Wildman–Crippen LogP) is 3.99. The number of benzene rings is 2. The molecule has 0 aliphatic heterocycles. The molecule has 0 aliphatic rings. The lowest BCUT2D eigenvalue weighted by molar-refractivity contribution is -0.385. The van der Waals surface area contributed by atoms with Crippen LogP contribution in [0.5, 0.6) is 5.75 Å². The molecule has 0 spiro atoms. The zero-order valence-electron chi connectivity index (χ0n) is 12.7. The highest BCUT2D eigenvalue weighted by Crippen LogP contribution is 2.29. The minimum atomic E-state index is -0.572. The molecule has 0 atom stereocenters. The number of carbonyl (C=O) groups excluding carboxylic acids is 1. The fourth-order valence-corrected chi connectivity index (χ4v) is 2.82. The number of ether oxygens (including phenoxy) is 1. The molecular formula is C15H11ClIN3O4S. The molecule has 0 radical (unpaired) electrons. The summed E-state index contributed by atoms with van der Waals surface area (Å²) in [5.41, 5.74) is 0.396. The van der Waals surface area contributed by atoms with Crippen LogP contribution in [0.2, 0.25) is 5.02 Å². The lowest BCUT2D eigenvalue weighted by atomic mass is 10.2. The van der Waals surface area contributed by atoms with Gasteiger partial charge in [-0.25, -0.2) is 0 Å². The summed E-state index contributed by atoms with van der Waals surface area (Å²) in [6, 6.07) is 9.24. The third kappa shape index (κ3) is 5.00. The van der Waals surface area contributed by atoms with E-state index in [4.69, 9.17) is 28.6 Å². The van der Waals surface area contributed by atoms with Gasteiger partial charge in [-0.15, -0.1) is 0 Å². The first-order valence-electron chi connectivity index (χ1n) is 6.71. The van der Waals surface area contributed by atoms with Gasteiger partial charge in [0.15, 0.2) is 10.9 Å². The summed E-state index contributed by atoms with van der Waals surface area (Å²) in [5, 5.41) is 16.5. The van der Waals surface area contributed by atoms with Crippen molar-refractivity contribution in [1.82, 2.24) is 5.32 Å². The van der Waals surface area contributed by atoms with E-state index in [1.54, 1.807) is 24.3 Å². The molecule has 2 aromatic carbocycles. The number of nitro benzene ring substituents is 1. The van der Waals surface area contributed by atoms with Crippen molar-refractivity contribution in [2.75, 3.05) is 12.4 Å². The van der Waals surface area contributed by atoms with E-state index in [9.17, 15) is 14.9 Å². The first-order chi connectivity index (χ1) is 11.8. The van der Waals surface area contributed by atoms with Crippen LogP contribution < -0.4 is 15.4 Å². The summed E-state index contributed by atoms with van der Waals surface area (Å²) in [6.45, 7) is 0. The number of nitro groups is 1. The van der Waals surface area contributed by atoms with Crippen LogP contribution in [0.15, 0.2) is 36.4 Å². The van der Waals surface area contributed by atoms with Crippen LogP contribution in [0.4, 0.5) is 11.4 Å². The maximum Gasteiger partial charge on any atom is 0.312 e. The van der Waals surface area contributed by atoms with Crippen molar-refractivity contribution in [3.8, 4) is 5.75 Å². The van der Waals surface area contributed by atoms with E-state index < -0.39 is 10.8 Å². The number of methoxy groups -OCH3 is 1. The van der Waals surface area contributed by atoms with Crippen LogP contribution >= 0.6 is 46.4 Å². The van der Waals surface area contributed by atoms with Crippen LogP contribution in [0.25, 0.3) is 0 Å². The topological polar surface area (TPSA) is 93.5 Å². The van der Waals surface area contributed by atoms with E-state index in [-0.39, 0.29) is 22.1 Å². The van der Waals surface area contributed by atoms with Gasteiger partial charge in [-0.3, -0.25) is 20.2 Å². The molecule has 0 unspecified atom stereocenters. The molecule has 1 amide bonds. The fourth-order valence-electron chi connectivity index (χ4n) is 1.91. The van der Waals surface area contributed by atoms with Crippen LogP contribution in [0, 0.1) is 13.7 Å². The van der Waals surface area contributed by atoms with Crippen LogP contribution in [0.3, 0.4) is 0 Å². The highest BCUT2D eigenvalue weighted by atomic mass is 127. The van der Waals surface area contributed by atoms with Gasteiger partial charge in [0.25, 0.3) is 5.91 Å². The summed E-state index contributed by atoms with van der Waals surface area (Å²) < 4.78 is 5.77. The molecule has 0 aliphatic carbocycles. The molecule has 2 N–H and O–H groups in total. The van der Waals surface area contributed by atoms with Gasteiger partial charge in [0.1, 0.15) is 0 Å². The van der Waals surface area contributed by atoms with E-state index in [0.717, 1.165) is 3.57 Å². The molecule has 0 heterocycles. The van der Waals surface area contributed by atoms with Crippen molar-refractivity contribution >= 4 is 68.8 Å². The van der Waals surface area contributed by atoms with Gasteiger partial charge in [0.05, 0.1) is 22.6 Å². The van der Waals surface area contributed by atoms with Gasteiger partial charge < -0.3 is 10.1 Å². The molecule has 0 aromatic heterocycles. The number of halogens is 2. The fraction of sp³-hybridized carbons (Fsp3) is 0.0667. The van der Waals surface area contributed by atoms with Gasteiger partial charge in [-0.05, 0) is 65.1 Å². The second-order valence-electron chi connectivity index (χ2n) is 4.68. The molecule has 0 saturated carbocycles. The molecule has 10 heteroatoms. The van der Waals surface area contributed by atoms with Crippen molar-refractivity contribution in [3.63, 3.8) is 0 Å². The van der Waals surface area contributed by atoms with Crippen molar-refractivity contribution in [1.29, 1.82) is 0 Å². The van der Waals surface area contributed by atoms with Crippen LogP contribution in [-0.4, -0.2) is 23.1 Å². The summed E-state index contributed by atoms with van der Waals surface area (Å²) in [5.74, 6) is -0.361. The van der Waals surface area contributed by atoms with E-state index in [0.29, 0.717) is 10.7 Å². The summed E-state index contributed by atoms with van der Waals surface area (Å²) in [6.07, 6.45) is 0. The predicted molar refractivity (Wildman–Crippen MR) is 108 cm³/mol. The monoisotopic (exact) mass is 491 g/mol. The Bertz CT molecular complexity index is 863. The van der Waals surface area contributed by atoms with E-state index >= 15 is 0 Å². The maximum atomic E-state index is 12.2. The van der Waals surface area contributed by atoms with Gasteiger partial charge >= 0.3 is 5.69 Å². The average molecular weight is 492 g/mol. The normalized spacial score (nSPS) is 10.0. The van der Waals surface area contributed by atoms with E-state index in [1.807, 2.05) is 0 Å². The molecule has 2 rings (SSSR count). The molecule has 130 valence electrons. The first kappa shape index (κ1) is 19.3. The van der Waals surface area contributed by atoms with Gasteiger partial charge in [0, 0.05) is 15.3 Å². The van der Waals surface area contributed by atoms with Crippen LogP contribution in [0.1, 0.15) is 10.4 Å². The summed E-state index contributed by atoms with van der Waals surface area (Å²) in [4.78, 5) is 22.7. The lowest BCUT2D eigenvalue weighted by Gasteiger charge is -2.11. The Kier molecular flexibility index (Phi) is 6.51. The first-order valence-corrected chi connectivity index (χ1v) is 8.58. The van der Waals surface area contributed by atoms with Gasteiger partial charge in [-0.2, -0.15) is 0 Å². The molecule has 0 bridgehead atoms. The molecule has 7 nitrogen and oxygen atoms in total. The van der Waals surface area contributed by atoms with Crippen molar-refractivity contribution in [2.45, 2.75) is 0 Å². The number of rotatable bonds is 4. The standard InChI is InChI=1S/C15H11ClIN3O4S/c1-24-13-5-3-9(7-12(13)20(22)23)18-15(25)19-14(21)10-6-8(17)2-4-11(10)16/h2-7H,1H3,(H2,18,19,21,25). The zero-order chi connectivity index (χ0) is 18.6. The number of nitrogens with zero attached hydrogens (tertiary/aromatic N) is 1. The largest absolute Gasteiger partial charge is 0.490 e. The molecule has 2 aromatic rings. The Morgan fingerprint density at radius 1 is 1.32 bits per heavy atom. The van der Waals surface area contributed by atoms with Gasteiger partial charge in [0.2, 0.25) is 0 Å².